The fourth-order valence-corrected chi connectivity index (χ4v) is 3.00. The van der Waals surface area contributed by atoms with E-state index in [2.05, 4.69) is 15.6 Å². The van der Waals surface area contributed by atoms with Crippen molar-refractivity contribution in [2.24, 2.45) is 0 Å². The minimum Gasteiger partial charge on any atom is -0.495 e. The number of methoxy groups -OCH3 is 1. The summed E-state index contributed by atoms with van der Waals surface area (Å²) < 4.78 is 7.17. The summed E-state index contributed by atoms with van der Waals surface area (Å²) in [4.78, 5) is 28.6. The molecule has 2 aromatic carbocycles. The molecule has 0 aliphatic carbocycles. The normalized spacial score (nSPS) is 10.4. The van der Waals surface area contributed by atoms with E-state index in [0.717, 1.165) is 11.4 Å². The lowest BCUT2D eigenvalue weighted by molar-refractivity contribution is -0.136. The number of hydrogen-bond acceptors (Lipinski definition) is 4. The van der Waals surface area contributed by atoms with Crippen molar-refractivity contribution in [2.45, 2.75) is 13.0 Å². The maximum Gasteiger partial charge on any atom is 0.313 e. The minimum absolute atomic E-state index is 0.339. The van der Waals surface area contributed by atoms with Gasteiger partial charge in [0.05, 0.1) is 12.8 Å². The molecule has 7 nitrogen and oxygen atoms in total. The lowest BCUT2D eigenvalue weighted by Gasteiger charge is -2.11. The monoisotopic (exact) mass is 412 g/mol. The van der Waals surface area contributed by atoms with Crippen LogP contribution in [-0.2, 0) is 16.1 Å². The number of amides is 2. The topological polar surface area (TPSA) is 85.2 Å². The number of carbonyl (C=O) groups excluding carboxylic acids is 2. The standard InChI is InChI=1S/C21H21ClN4O3/c1-29-18-9-8-16(22)14-17(18)25-21(28)20(27)24-10-5-12-26-13-11-23-19(26)15-6-3-2-4-7-15/h2-4,6-9,11,13-14H,5,10,12H2,1H3,(H,24,27)(H,25,28). The van der Waals surface area contributed by atoms with Crippen molar-refractivity contribution in [1.82, 2.24) is 14.9 Å². The Kier molecular flexibility index (Phi) is 6.86. The molecule has 3 aromatic rings. The van der Waals surface area contributed by atoms with E-state index in [-0.39, 0.29) is 0 Å². The van der Waals surface area contributed by atoms with Crippen molar-refractivity contribution < 1.29 is 14.3 Å². The fraction of sp³-hybridized carbons (Fsp3) is 0.190. The highest BCUT2D eigenvalue weighted by molar-refractivity contribution is 6.40. The first-order valence-electron chi connectivity index (χ1n) is 9.08. The number of aromatic nitrogens is 2. The molecule has 0 saturated heterocycles. The van der Waals surface area contributed by atoms with Gasteiger partial charge in [0.1, 0.15) is 11.6 Å². The summed E-state index contributed by atoms with van der Waals surface area (Å²) >= 11 is 5.93. The van der Waals surface area contributed by atoms with E-state index >= 15 is 0 Å². The average Bonchev–Trinajstić information content (AvgIpc) is 3.20. The smallest absolute Gasteiger partial charge is 0.313 e. The van der Waals surface area contributed by atoms with Crippen molar-refractivity contribution >= 4 is 29.1 Å². The maximum atomic E-state index is 12.1. The predicted molar refractivity (Wildman–Crippen MR) is 112 cm³/mol. The van der Waals surface area contributed by atoms with Gasteiger partial charge >= 0.3 is 11.8 Å². The molecule has 8 heteroatoms. The number of nitrogens with zero attached hydrogens (tertiary/aromatic N) is 2. The van der Waals surface area contributed by atoms with Crippen LogP contribution < -0.4 is 15.4 Å². The zero-order chi connectivity index (χ0) is 20.6. The second kappa shape index (κ2) is 9.75. The highest BCUT2D eigenvalue weighted by Crippen LogP contribution is 2.27. The van der Waals surface area contributed by atoms with E-state index in [4.69, 9.17) is 16.3 Å². The molecule has 29 heavy (non-hydrogen) atoms. The molecule has 2 amide bonds. The Morgan fingerprint density at radius 3 is 2.69 bits per heavy atom. The number of ether oxygens (including phenoxy) is 1. The molecule has 0 atom stereocenters. The van der Waals surface area contributed by atoms with Gasteiger partial charge in [0, 0.05) is 36.1 Å². The molecule has 0 unspecified atom stereocenters. The summed E-state index contributed by atoms with van der Waals surface area (Å²) in [5.41, 5.74) is 1.36. The number of hydrogen-bond donors (Lipinski definition) is 2. The third kappa shape index (κ3) is 5.36. The molecule has 1 aromatic heterocycles. The molecule has 0 aliphatic rings. The SMILES string of the molecule is COc1ccc(Cl)cc1NC(=O)C(=O)NCCCn1ccnc1-c1ccccc1. The van der Waals surface area contributed by atoms with Crippen LogP contribution >= 0.6 is 11.6 Å². The highest BCUT2D eigenvalue weighted by Gasteiger charge is 2.16. The van der Waals surface area contributed by atoms with Crippen LogP contribution in [0.5, 0.6) is 5.75 Å². The second-order valence-corrected chi connectivity index (χ2v) is 6.65. The predicted octanol–water partition coefficient (Wildman–Crippen LogP) is 3.36. The van der Waals surface area contributed by atoms with E-state index in [0.29, 0.717) is 36.0 Å². The molecule has 1 heterocycles. The zero-order valence-corrected chi connectivity index (χ0v) is 16.6. The lowest BCUT2D eigenvalue weighted by atomic mass is 10.2. The van der Waals surface area contributed by atoms with Gasteiger partial charge in [0.25, 0.3) is 0 Å². The van der Waals surface area contributed by atoms with E-state index in [1.807, 2.05) is 41.1 Å². The molecule has 2 N–H and O–H groups in total. The van der Waals surface area contributed by atoms with Crippen molar-refractivity contribution in [2.75, 3.05) is 19.0 Å². The first-order chi connectivity index (χ1) is 14.1. The highest BCUT2D eigenvalue weighted by atomic mass is 35.5. The molecule has 0 fully saturated rings. The molecule has 150 valence electrons. The molecule has 0 saturated carbocycles. The Labute approximate surface area is 173 Å². The number of carbonyl (C=O) groups is 2. The van der Waals surface area contributed by atoms with Gasteiger partial charge in [-0.1, -0.05) is 41.9 Å². The summed E-state index contributed by atoms with van der Waals surface area (Å²) in [7, 11) is 1.47. The summed E-state index contributed by atoms with van der Waals surface area (Å²) in [6.07, 6.45) is 4.28. The van der Waals surface area contributed by atoms with E-state index in [9.17, 15) is 9.59 Å². The number of benzene rings is 2. The third-order valence-corrected chi connectivity index (χ3v) is 4.46. The largest absolute Gasteiger partial charge is 0.495 e. The molecular weight excluding hydrogens is 392 g/mol. The van der Waals surface area contributed by atoms with Gasteiger partial charge in [-0.15, -0.1) is 0 Å². The van der Waals surface area contributed by atoms with E-state index in [1.54, 1.807) is 18.3 Å². The summed E-state index contributed by atoms with van der Waals surface area (Å²) in [5, 5.41) is 5.56. The van der Waals surface area contributed by atoms with Gasteiger partial charge in [-0.2, -0.15) is 0 Å². The number of nitrogens with one attached hydrogen (secondary N) is 2. The number of halogens is 1. The van der Waals surface area contributed by atoms with E-state index < -0.39 is 11.8 Å². The van der Waals surface area contributed by atoms with Crippen LogP contribution in [0.1, 0.15) is 6.42 Å². The summed E-state index contributed by atoms with van der Waals surface area (Å²) in [5.74, 6) is -0.217. The molecule has 0 spiro atoms. The number of aryl methyl sites for hydroxylation is 1. The number of anilines is 1. The number of rotatable bonds is 7. The van der Waals surface area contributed by atoms with Gasteiger partial charge in [0.2, 0.25) is 0 Å². The minimum atomic E-state index is -0.779. The quantitative estimate of drug-likeness (QED) is 0.460. The van der Waals surface area contributed by atoms with Crippen LogP contribution in [0.25, 0.3) is 11.4 Å². The van der Waals surface area contributed by atoms with E-state index in [1.165, 1.54) is 13.2 Å². The Bertz CT molecular complexity index is 989. The van der Waals surface area contributed by atoms with Crippen LogP contribution in [0.2, 0.25) is 5.02 Å². The zero-order valence-electron chi connectivity index (χ0n) is 15.9. The molecule has 3 rings (SSSR count). The summed E-state index contributed by atoms with van der Waals surface area (Å²) in [6, 6.07) is 14.6. The molecular formula is C21H21ClN4O3. The maximum absolute atomic E-state index is 12.1. The van der Waals surface area contributed by atoms with Gasteiger partial charge in [-0.3, -0.25) is 9.59 Å². The van der Waals surface area contributed by atoms with Gasteiger partial charge in [0.15, 0.2) is 0 Å². The Balaban J connectivity index is 1.49. The first kappa shape index (κ1) is 20.4. The average molecular weight is 413 g/mol. The van der Waals surface area contributed by atoms with Crippen molar-refractivity contribution in [3.63, 3.8) is 0 Å². The Morgan fingerprint density at radius 1 is 1.14 bits per heavy atom. The van der Waals surface area contributed by atoms with Crippen LogP contribution in [0.3, 0.4) is 0 Å². The summed E-state index contributed by atoms with van der Waals surface area (Å²) in [6.45, 7) is 1.01. The van der Waals surface area contributed by atoms with Crippen molar-refractivity contribution in [3.05, 3.63) is 65.9 Å². The lowest BCUT2D eigenvalue weighted by Crippen LogP contribution is -2.36. The molecule has 0 radical (unpaired) electrons. The number of imidazole rings is 1. The Morgan fingerprint density at radius 2 is 1.93 bits per heavy atom. The van der Waals surface area contributed by atoms with Crippen molar-refractivity contribution in [1.29, 1.82) is 0 Å². The third-order valence-electron chi connectivity index (χ3n) is 4.22. The van der Waals surface area contributed by atoms with Crippen LogP contribution in [-0.4, -0.2) is 35.0 Å². The second-order valence-electron chi connectivity index (χ2n) is 6.22. The van der Waals surface area contributed by atoms with Gasteiger partial charge < -0.3 is 19.9 Å². The van der Waals surface area contributed by atoms with Crippen molar-refractivity contribution in [3.8, 4) is 17.1 Å². The van der Waals surface area contributed by atoms with Gasteiger partial charge in [-0.05, 0) is 24.6 Å². The van der Waals surface area contributed by atoms with Crippen LogP contribution in [0.15, 0.2) is 60.9 Å². The van der Waals surface area contributed by atoms with Gasteiger partial charge in [-0.25, -0.2) is 4.98 Å². The Hall–Kier alpha value is -3.32. The van der Waals surface area contributed by atoms with Crippen LogP contribution in [0.4, 0.5) is 5.69 Å². The first-order valence-corrected chi connectivity index (χ1v) is 9.45. The fourth-order valence-electron chi connectivity index (χ4n) is 2.83. The molecule has 0 bridgehead atoms. The molecule has 0 aliphatic heterocycles. The van der Waals surface area contributed by atoms with Crippen LogP contribution in [0, 0.1) is 0 Å².